The molecule has 2 atom stereocenters. The molecule has 2 unspecified atom stereocenters. The van der Waals surface area contributed by atoms with Crippen LogP contribution in [-0.4, -0.2) is 19.6 Å². The van der Waals surface area contributed by atoms with E-state index in [-0.39, 0.29) is 0 Å². The fourth-order valence-electron chi connectivity index (χ4n) is 1.64. The van der Waals surface area contributed by atoms with Crippen molar-refractivity contribution in [3.05, 3.63) is 12.2 Å². The summed E-state index contributed by atoms with van der Waals surface area (Å²) < 4.78 is 1.85. The first-order chi connectivity index (χ1) is 6.52. The van der Waals surface area contributed by atoms with Gasteiger partial charge in [0.05, 0.1) is 0 Å². The lowest BCUT2D eigenvalue weighted by Crippen LogP contribution is -2.22. The van der Waals surface area contributed by atoms with Gasteiger partial charge in [-0.3, -0.25) is 4.68 Å². The van der Waals surface area contributed by atoms with Crippen LogP contribution in [0.4, 0.5) is 0 Å². The molecule has 0 spiro atoms. The van der Waals surface area contributed by atoms with Crippen molar-refractivity contribution in [2.24, 2.45) is 18.9 Å². The minimum atomic E-state index is 0.513. The number of aryl methyl sites for hydroxylation is 1. The molecule has 3 nitrogen and oxygen atoms in total. The maximum absolute atomic E-state index is 4.25. The second-order valence-corrected chi connectivity index (χ2v) is 5.53. The Labute approximate surface area is 94.0 Å². The van der Waals surface area contributed by atoms with Gasteiger partial charge in [0.15, 0.2) is 0 Å². The van der Waals surface area contributed by atoms with Crippen LogP contribution in [0.1, 0.15) is 26.6 Å². The smallest absolute Gasteiger partial charge is 0.138 e. The van der Waals surface area contributed by atoms with Gasteiger partial charge in [0.2, 0.25) is 0 Å². The van der Waals surface area contributed by atoms with E-state index in [1.165, 1.54) is 0 Å². The third kappa shape index (κ3) is 2.80. The van der Waals surface area contributed by atoms with Gasteiger partial charge in [0, 0.05) is 18.3 Å². The summed E-state index contributed by atoms with van der Waals surface area (Å²) in [5.74, 6) is 2.33. The quantitative estimate of drug-likeness (QED) is 0.778. The predicted octanol–water partition coefficient (Wildman–Crippen LogP) is 2.41. The molecule has 0 aliphatic heterocycles. The Kier molecular flexibility index (Phi) is 4.11. The Morgan fingerprint density at radius 2 is 2.07 bits per heavy atom. The molecule has 0 aromatic carbocycles. The summed E-state index contributed by atoms with van der Waals surface area (Å²) in [7, 11) is 1.94. The molecule has 0 aliphatic rings. The van der Waals surface area contributed by atoms with Gasteiger partial charge in [0.25, 0.3) is 0 Å². The van der Waals surface area contributed by atoms with Crippen molar-refractivity contribution in [2.75, 3.05) is 0 Å². The van der Waals surface area contributed by atoms with Gasteiger partial charge >= 0.3 is 0 Å². The highest BCUT2D eigenvalue weighted by Gasteiger charge is 2.20. The van der Waals surface area contributed by atoms with Crippen molar-refractivity contribution < 1.29 is 0 Å². The molecule has 0 saturated heterocycles. The lowest BCUT2D eigenvalue weighted by molar-refractivity contribution is 0.372. The van der Waals surface area contributed by atoms with Crippen LogP contribution < -0.4 is 0 Å². The molecule has 4 heteroatoms. The zero-order chi connectivity index (χ0) is 10.7. The van der Waals surface area contributed by atoms with Crippen molar-refractivity contribution in [1.82, 2.24) is 14.8 Å². The van der Waals surface area contributed by atoms with E-state index in [4.69, 9.17) is 0 Å². The van der Waals surface area contributed by atoms with Gasteiger partial charge in [-0.1, -0.05) is 36.7 Å². The Balaban J connectivity index is 2.70. The molecular formula is C10H18BrN3. The highest BCUT2D eigenvalue weighted by Crippen LogP contribution is 2.24. The third-order valence-corrected chi connectivity index (χ3v) is 3.35. The second kappa shape index (κ2) is 4.91. The molecular weight excluding hydrogens is 242 g/mol. The fraction of sp³-hybridized carbons (Fsp3) is 0.800. The van der Waals surface area contributed by atoms with Crippen molar-refractivity contribution in [3.63, 3.8) is 0 Å². The third-order valence-electron chi connectivity index (χ3n) is 2.67. The molecule has 0 bridgehead atoms. The van der Waals surface area contributed by atoms with E-state index in [1.54, 1.807) is 6.33 Å². The minimum absolute atomic E-state index is 0.513. The summed E-state index contributed by atoms with van der Waals surface area (Å²) in [5, 5.41) is 4.08. The normalized spacial score (nSPS) is 15.9. The second-order valence-electron chi connectivity index (χ2n) is 4.09. The first-order valence-corrected chi connectivity index (χ1v) is 5.91. The Bertz CT molecular complexity index is 273. The molecule has 1 heterocycles. The molecule has 1 aromatic heterocycles. The number of hydrogen-bond donors (Lipinski definition) is 0. The molecule has 0 radical (unpaired) electrons. The van der Waals surface area contributed by atoms with Crippen LogP contribution in [0.15, 0.2) is 6.33 Å². The van der Waals surface area contributed by atoms with Crippen LogP contribution in [0.3, 0.4) is 0 Å². The van der Waals surface area contributed by atoms with Crippen LogP contribution in [0, 0.1) is 11.8 Å². The molecule has 0 amide bonds. The molecule has 0 saturated carbocycles. The zero-order valence-corrected chi connectivity index (χ0v) is 10.8. The topological polar surface area (TPSA) is 30.7 Å². The van der Waals surface area contributed by atoms with Gasteiger partial charge in [0.1, 0.15) is 12.2 Å². The Hall–Kier alpha value is -0.380. The van der Waals surface area contributed by atoms with Gasteiger partial charge in [-0.2, -0.15) is 5.10 Å². The Morgan fingerprint density at radius 1 is 1.43 bits per heavy atom. The van der Waals surface area contributed by atoms with E-state index in [0.717, 1.165) is 12.2 Å². The molecule has 80 valence electrons. The minimum Gasteiger partial charge on any atom is -0.253 e. The number of nitrogens with zero attached hydrogens (tertiary/aromatic N) is 3. The van der Waals surface area contributed by atoms with E-state index >= 15 is 0 Å². The van der Waals surface area contributed by atoms with E-state index in [2.05, 4.69) is 46.8 Å². The fourth-order valence-corrected chi connectivity index (χ4v) is 2.44. The Morgan fingerprint density at radius 3 is 2.43 bits per heavy atom. The summed E-state index contributed by atoms with van der Waals surface area (Å²) in [4.78, 5) is 4.76. The summed E-state index contributed by atoms with van der Waals surface area (Å²) in [6, 6.07) is 0. The maximum Gasteiger partial charge on any atom is 0.138 e. The van der Waals surface area contributed by atoms with E-state index in [1.807, 2.05) is 11.7 Å². The van der Waals surface area contributed by atoms with E-state index in [0.29, 0.717) is 16.7 Å². The van der Waals surface area contributed by atoms with Crippen LogP contribution in [-0.2, 0) is 13.5 Å². The maximum atomic E-state index is 4.25. The molecule has 1 rings (SSSR count). The van der Waals surface area contributed by atoms with Crippen molar-refractivity contribution in [1.29, 1.82) is 0 Å². The highest BCUT2D eigenvalue weighted by atomic mass is 79.9. The van der Waals surface area contributed by atoms with Crippen molar-refractivity contribution in [2.45, 2.75) is 32.0 Å². The van der Waals surface area contributed by atoms with Crippen molar-refractivity contribution >= 4 is 15.9 Å². The SMILES string of the molecule is CC(C)C(Cc1ncnn1C)C(C)Br. The van der Waals surface area contributed by atoms with E-state index < -0.39 is 0 Å². The average Bonchev–Trinajstić information content (AvgIpc) is 2.46. The summed E-state index contributed by atoms with van der Waals surface area (Å²) in [6.07, 6.45) is 2.60. The highest BCUT2D eigenvalue weighted by molar-refractivity contribution is 9.09. The van der Waals surface area contributed by atoms with Crippen LogP contribution >= 0.6 is 15.9 Å². The first kappa shape index (κ1) is 11.7. The number of halogens is 1. The van der Waals surface area contributed by atoms with Crippen LogP contribution in [0.5, 0.6) is 0 Å². The lowest BCUT2D eigenvalue weighted by atomic mass is 9.90. The van der Waals surface area contributed by atoms with Gasteiger partial charge in [-0.05, 0) is 11.8 Å². The monoisotopic (exact) mass is 259 g/mol. The molecule has 0 aliphatic carbocycles. The van der Waals surface area contributed by atoms with Gasteiger partial charge < -0.3 is 0 Å². The van der Waals surface area contributed by atoms with Crippen LogP contribution in [0.2, 0.25) is 0 Å². The largest absolute Gasteiger partial charge is 0.253 e. The number of alkyl halides is 1. The lowest BCUT2D eigenvalue weighted by Gasteiger charge is -2.22. The van der Waals surface area contributed by atoms with E-state index in [9.17, 15) is 0 Å². The first-order valence-electron chi connectivity index (χ1n) is 4.99. The number of rotatable bonds is 4. The van der Waals surface area contributed by atoms with Gasteiger partial charge in [-0.25, -0.2) is 4.98 Å². The molecule has 1 aromatic rings. The summed E-state index contributed by atoms with van der Waals surface area (Å²) in [6.45, 7) is 6.69. The van der Waals surface area contributed by atoms with Crippen LogP contribution in [0.25, 0.3) is 0 Å². The molecule has 0 N–H and O–H groups in total. The zero-order valence-electron chi connectivity index (χ0n) is 9.24. The summed E-state index contributed by atoms with van der Waals surface area (Å²) >= 11 is 3.65. The average molecular weight is 260 g/mol. The van der Waals surface area contributed by atoms with Gasteiger partial charge in [-0.15, -0.1) is 0 Å². The molecule has 0 fully saturated rings. The van der Waals surface area contributed by atoms with Crippen molar-refractivity contribution in [3.8, 4) is 0 Å². The summed E-state index contributed by atoms with van der Waals surface area (Å²) in [5.41, 5.74) is 0. The predicted molar refractivity (Wildman–Crippen MR) is 61.4 cm³/mol. The number of aromatic nitrogens is 3. The molecule has 14 heavy (non-hydrogen) atoms. The number of hydrogen-bond acceptors (Lipinski definition) is 2. The standard InChI is InChI=1S/C10H18BrN3/c1-7(2)9(8(3)11)5-10-12-6-13-14(10)4/h6-9H,5H2,1-4H3.